The van der Waals surface area contributed by atoms with Crippen LogP contribution in [0, 0.1) is 17.3 Å². The molecule has 3 heteroatoms. The van der Waals surface area contributed by atoms with Gasteiger partial charge in [-0.25, -0.2) is 0 Å². The van der Waals surface area contributed by atoms with Gasteiger partial charge in [0.25, 0.3) is 0 Å². The van der Waals surface area contributed by atoms with E-state index in [1.807, 2.05) is 0 Å². The van der Waals surface area contributed by atoms with Gasteiger partial charge in [-0.05, 0) is 52.9 Å². The van der Waals surface area contributed by atoms with Crippen molar-refractivity contribution >= 4 is 22.6 Å². The first-order chi connectivity index (χ1) is 9.91. The van der Waals surface area contributed by atoms with Crippen LogP contribution < -0.4 is 0 Å². The SMILES string of the molecule is CCCCOC(CI)OC1(C#CC(C)(C)C)CCCCC1. The normalized spacial score (nSPS) is 19.7. The monoisotopic (exact) mass is 406 g/mol. The van der Waals surface area contributed by atoms with Crippen LogP contribution in [0.15, 0.2) is 0 Å². The van der Waals surface area contributed by atoms with Crippen LogP contribution in [0.25, 0.3) is 0 Å². The number of hydrogen-bond donors (Lipinski definition) is 0. The van der Waals surface area contributed by atoms with Gasteiger partial charge in [0.15, 0.2) is 6.29 Å². The Morgan fingerprint density at radius 1 is 1.19 bits per heavy atom. The molecule has 0 heterocycles. The third-order valence-electron chi connectivity index (χ3n) is 3.61. The van der Waals surface area contributed by atoms with Crippen LogP contribution in [0.5, 0.6) is 0 Å². The molecule has 1 unspecified atom stereocenters. The minimum atomic E-state index is -0.284. The molecule has 1 rings (SSSR count). The summed E-state index contributed by atoms with van der Waals surface area (Å²) in [7, 11) is 0. The number of hydrogen-bond acceptors (Lipinski definition) is 2. The molecule has 21 heavy (non-hydrogen) atoms. The molecule has 0 aromatic carbocycles. The predicted octanol–water partition coefficient (Wildman–Crippen LogP) is 5.33. The highest BCUT2D eigenvalue weighted by atomic mass is 127. The quantitative estimate of drug-likeness (QED) is 0.187. The van der Waals surface area contributed by atoms with Crippen molar-refractivity contribution in [1.82, 2.24) is 0 Å². The Morgan fingerprint density at radius 3 is 2.38 bits per heavy atom. The smallest absolute Gasteiger partial charge is 0.168 e. The molecule has 1 fully saturated rings. The van der Waals surface area contributed by atoms with Crippen LogP contribution >= 0.6 is 22.6 Å². The number of ether oxygens (including phenoxy) is 2. The average Bonchev–Trinajstić information content (AvgIpc) is 2.45. The third-order valence-corrected chi connectivity index (χ3v) is 4.33. The van der Waals surface area contributed by atoms with Crippen molar-refractivity contribution in [2.75, 3.05) is 11.0 Å². The van der Waals surface area contributed by atoms with Gasteiger partial charge in [-0.15, -0.1) is 0 Å². The lowest BCUT2D eigenvalue weighted by Gasteiger charge is -2.36. The minimum absolute atomic E-state index is 0.0245. The molecule has 0 bridgehead atoms. The summed E-state index contributed by atoms with van der Waals surface area (Å²) in [5.74, 6) is 6.87. The Labute approximate surface area is 144 Å². The van der Waals surface area contributed by atoms with E-state index in [1.165, 1.54) is 19.3 Å². The Hall–Kier alpha value is 0.210. The van der Waals surface area contributed by atoms with E-state index in [1.54, 1.807) is 0 Å². The summed E-state index contributed by atoms with van der Waals surface area (Å²) < 4.78 is 13.1. The van der Waals surface area contributed by atoms with Crippen molar-refractivity contribution in [1.29, 1.82) is 0 Å². The fourth-order valence-corrected chi connectivity index (χ4v) is 2.85. The molecule has 1 aliphatic carbocycles. The zero-order valence-corrected chi connectivity index (χ0v) is 16.3. The van der Waals surface area contributed by atoms with Crippen LogP contribution in [0.1, 0.15) is 72.6 Å². The third kappa shape index (κ3) is 7.85. The van der Waals surface area contributed by atoms with E-state index >= 15 is 0 Å². The molecule has 0 N–H and O–H groups in total. The van der Waals surface area contributed by atoms with E-state index < -0.39 is 0 Å². The summed E-state index contributed by atoms with van der Waals surface area (Å²) >= 11 is 2.35. The summed E-state index contributed by atoms with van der Waals surface area (Å²) in [5, 5.41) is 0. The Bertz CT molecular complexity index is 342. The van der Waals surface area contributed by atoms with Gasteiger partial charge in [0, 0.05) is 12.0 Å². The molecule has 1 aliphatic rings. The maximum atomic E-state index is 6.37. The van der Waals surface area contributed by atoms with Gasteiger partial charge in [0.1, 0.15) is 5.60 Å². The van der Waals surface area contributed by atoms with Gasteiger partial charge in [-0.3, -0.25) is 0 Å². The van der Waals surface area contributed by atoms with Gasteiger partial charge in [-0.1, -0.05) is 54.2 Å². The van der Waals surface area contributed by atoms with Crippen LogP contribution in [0.3, 0.4) is 0 Å². The number of rotatable bonds is 7. The molecule has 0 saturated heterocycles. The van der Waals surface area contributed by atoms with E-state index in [4.69, 9.17) is 9.47 Å². The number of unbranched alkanes of at least 4 members (excludes halogenated alkanes) is 1. The second kappa shape index (κ2) is 9.37. The molecule has 2 nitrogen and oxygen atoms in total. The van der Waals surface area contributed by atoms with Crippen LogP contribution in [0.4, 0.5) is 0 Å². The predicted molar refractivity (Wildman–Crippen MR) is 97.7 cm³/mol. The van der Waals surface area contributed by atoms with Gasteiger partial charge in [-0.2, -0.15) is 0 Å². The first kappa shape index (κ1) is 19.3. The zero-order valence-electron chi connectivity index (χ0n) is 14.1. The highest BCUT2D eigenvalue weighted by Crippen LogP contribution is 2.33. The minimum Gasteiger partial charge on any atom is -0.352 e. The van der Waals surface area contributed by atoms with E-state index in [9.17, 15) is 0 Å². The van der Waals surface area contributed by atoms with Gasteiger partial charge in [0.05, 0.1) is 4.43 Å². The van der Waals surface area contributed by atoms with Crippen molar-refractivity contribution in [3.05, 3.63) is 0 Å². The highest BCUT2D eigenvalue weighted by Gasteiger charge is 2.34. The summed E-state index contributed by atoms with van der Waals surface area (Å²) in [6, 6.07) is 0. The van der Waals surface area contributed by atoms with Gasteiger partial charge < -0.3 is 9.47 Å². The van der Waals surface area contributed by atoms with Crippen molar-refractivity contribution in [3.8, 4) is 11.8 Å². The lowest BCUT2D eigenvalue weighted by Crippen LogP contribution is -2.39. The lowest BCUT2D eigenvalue weighted by molar-refractivity contribution is -0.187. The molecule has 0 radical (unpaired) electrons. The molecule has 0 aromatic heterocycles. The standard InChI is InChI=1S/C18H31IO2/c1-5-6-14-20-16(15-19)21-18(10-8-7-9-11-18)13-12-17(2,3)4/h16H,5-11,14-15H2,1-4H3. The molecule has 0 amide bonds. The Kier molecular flexibility index (Phi) is 8.59. The average molecular weight is 406 g/mol. The van der Waals surface area contributed by atoms with E-state index in [-0.39, 0.29) is 17.3 Å². The van der Waals surface area contributed by atoms with Crippen molar-refractivity contribution in [2.45, 2.75) is 84.5 Å². The van der Waals surface area contributed by atoms with E-state index in [0.717, 1.165) is 36.7 Å². The van der Waals surface area contributed by atoms with Crippen LogP contribution in [0.2, 0.25) is 0 Å². The van der Waals surface area contributed by atoms with Gasteiger partial charge >= 0.3 is 0 Å². The Morgan fingerprint density at radius 2 is 1.86 bits per heavy atom. The summed E-state index contributed by atoms with van der Waals surface area (Å²) in [6.45, 7) is 9.44. The molecule has 0 aliphatic heterocycles. The molecule has 122 valence electrons. The molecule has 0 spiro atoms. The fraction of sp³-hybridized carbons (Fsp3) is 0.889. The first-order valence-corrected chi connectivity index (χ1v) is 9.83. The lowest BCUT2D eigenvalue weighted by atomic mass is 9.83. The molecule has 1 saturated carbocycles. The highest BCUT2D eigenvalue weighted by molar-refractivity contribution is 14.1. The largest absolute Gasteiger partial charge is 0.352 e. The van der Waals surface area contributed by atoms with Crippen molar-refractivity contribution in [3.63, 3.8) is 0 Å². The van der Waals surface area contributed by atoms with Crippen molar-refractivity contribution < 1.29 is 9.47 Å². The van der Waals surface area contributed by atoms with E-state index in [2.05, 4.69) is 62.1 Å². The maximum absolute atomic E-state index is 6.37. The fourth-order valence-electron chi connectivity index (χ4n) is 2.42. The van der Waals surface area contributed by atoms with Crippen molar-refractivity contribution in [2.24, 2.45) is 5.41 Å². The molecule has 0 aromatic rings. The summed E-state index contributed by atoms with van der Waals surface area (Å²) in [4.78, 5) is 0. The second-order valence-corrected chi connectivity index (χ2v) is 7.86. The van der Waals surface area contributed by atoms with E-state index in [0.29, 0.717) is 0 Å². The maximum Gasteiger partial charge on any atom is 0.168 e. The molecular weight excluding hydrogens is 375 g/mol. The summed E-state index contributed by atoms with van der Waals surface area (Å²) in [5.41, 5.74) is -0.260. The zero-order chi connectivity index (χ0) is 15.8. The Balaban J connectivity index is 2.73. The topological polar surface area (TPSA) is 18.5 Å². The molecule has 1 atom stereocenters. The van der Waals surface area contributed by atoms with Crippen LogP contribution in [-0.2, 0) is 9.47 Å². The number of alkyl halides is 1. The van der Waals surface area contributed by atoms with Gasteiger partial charge in [0.2, 0.25) is 0 Å². The second-order valence-electron chi connectivity index (χ2n) is 6.98. The number of halogens is 1. The first-order valence-electron chi connectivity index (χ1n) is 8.30. The molecular formula is C18H31IO2. The summed E-state index contributed by atoms with van der Waals surface area (Å²) in [6.07, 6.45) is 7.93. The van der Waals surface area contributed by atoms with Crippen LogP contribution in [-0.4, -0.2) is 22.9 Å².